The smallest absolute Gasteiger partial charge is 0.185 e. The van der Waals surface area contributed by atoms with Gasteiger partial charge >= 0.3 is 0 Å². The molecule has 0 radical (unpaired) electrons. The van der Waals surface area contributed by atoms with Gasteiger partial charge in [0.15, 0.2) is 5.13 Å². The third-order valence-electron chi connectivity index (χ3n) is 2.88. The number of aliphatic hydroxyl groups is 1. The zero-order chi connectivity index (χ0) is 13.8. The lowest BCUT2D eigenvalue weighted by atomic mass is 10.2. The first-order chi connectivity index (χ1) is 9.13. The van der Waals surface area contributed by atoms with Gasteiger partial charge in [-0.05, 0) is 24.1 Å². The van der Waals surface area contributed by atoms with Crippen LogP contribution in [0.2, 0.25) is 0 Å². The number of hydrogen-bond donors (Lipinski definition) is 1. The summed E-state index contributed by atoms with van der Waals surface area (Å²) in [6, 6.07) is 8.26. The number of aryl methyl sites for hydroxylation is 1. The number of halogens is 1. The average Bonchev–Trinajstić information content (AvgIpc) is 2.82. The van der Waals surface area contributed by atoms with Gasteiger partial charge in [0.2, 0.25) is 0 Å². The molecule has 0 atom stereocenters. The summed E-state index contributed by atoms with van der Waals surface area (Å²) in [5, 5.41) is 10.3. The first-order valence-electron chi connectivity index (χ1n) is 6.19. The Morgan fingerprint density at radius 2 is 2.21 bits per heavy atom. The summed E-state index contributed by atoms with van der Waals surface area (Å²) in [6.07, 6.45) is 0.858. The molecular formula is C14H17BrN2OS. The second-order valence-electron chi connectivity index (χ2n) is 4.36. The lowest BCUT2D eigenvalue weighted by Crippen LogP contribution is -2.16. The van der Waals surface area contributed by atoms with Gasteiger partial charge in [-0.2, -0.15) is 0 Å². The first kappa shape index (κ1) is 14.5. The molecule has 0 spiro atoms. The van der Waals surface area contributed by atoms with Crippen LogP contribution in [0.15, 0.2) is 28.7 Å². The van der Waals surface area contributed by atoms with Gasteiger partial charge in [-0.15, -0.1) is 0 Å². The molecule has 2 aromatic rings. The summed E-state index contributed by atoms with van der Waals surface area (Å²) in [4.78, 5) is 7.68. The normalized spacial score (nSPS) is 10.7. The molecule has 0 aliphatic carbocycles. The van der Waals surface area contributed by atoms with Crippen molar-refractivity contribution in [2.75, 3.05) is 11.9 Å². The molecule has 0 amide bonds. The fourth-order valence-corrected chi connectivity index (χ4v) is 3.33. The van der Waals surface area contributed by atoms with Gasteiger partial charge in [-0.25, -0.2) is 4.98 Å². The number of thiazole rings is 1. The maximum atomic E-state index is 9.32. The molecule has 0 saturated heterocycles. The van der Waals surface area contributed by atoms with Crippen LogP contribution in [-0.2, 0) is 19.6 Å². The van der Waals surface area contributed by atoms with Crippen LogP contribution in [0.25, 0.3) is 0 Å². The standard InChI is InChI=1S/C14H17BrN2OS/c1-3-12-13(9-18)19-14(16-12)17(2)8-10-5-4-6-11(15)7-10/h4-7,18H,3,8-9H2,1-2H3. The molecular weight excluding hydrogens is 324 g/mol. The van der Waals surface area contributed by atoms with Crippen molar-refractivity contribution in [2.45, 2.75) is 26.5 Å². The van der Waals surface area contributed by atoms with E-state index in [1.165, 1.54) is 5.56 Å². The van der Waals surface area contributed by atoms with Crippen LogP contribution in [0.4, 0.5) is 5.13 Å². The zero-order valence-corrected chi connectivity index (χ0v) is 13.5. The molecule has 0 aliphatic heterocycles. The highest BCUT2D eigenvalue weighted by molar-refractivity contribution is 9.10. The van der Waals surface area contributed by atoms with E-state index >= 15 is 0 Å². The van der Waals surface area contributed by atoms with Crippen molar-refractivity contribution < 1.29 is 5.11 Å². The average molecular weight is 341 g/mol. The van der Waals surface area contributed by atoms with Crippen LogP contribution in [0.5, 0.6) is 0 Å². The lowest BCUT2D eigenvalue weighted by Gasteiger charge is -2.15. The summed E-state index contributed by atoms with van der Waals surface area (Å²) >= 11 is 5.05. The highest BCUT2D eigenvalue weighted by atomic mass is 79.9. The summed E-state index contributed by atoms with van der Waals surface area (Å²) in [5.41, 5.74) is 2.24. The van der Waals surface area contributed by atoms with Crippen LogP contribution in [0.3, 0.4) is 0 Å². The Bertz CT molecular complexity index is 535. The largest absolute Gasteiger partial charge is 0.391 e. The van der Waals surface area contributed by atoms with Crippen LogP contribution in [0.1, 0.15) is 23.1 Å². The predicted octanol–water partition coefficient (Wildman–Crippen LogP) is 3.60. The number of anilines is 1. The van der Waals surface area contributed by atoms with Gasteiger partial charge in [0.25, 0.3) is 0 Å². The first-order valence-corrected chi connectivity index (χ1v) is 7.80. The second-order valence-corrected chi connectivity index (χ2v) is 6.34. The number of rotatable bonds is 5. The number of aliphatic hydroxyl groups excluding tert-OH is 1. The SMILES string of the molecule is CCc1nc(N(C)Cc2cccc(Br)c2)sc1CO. The molecule has 0 saturated carbocycles. The van der Waals surface area contributed by atoms with E-state index in [9.17, 15) is 5.11 Å². The minimum Gasteiger partial charge on any atom is -0.391 e. The van der Waals surface area contributed by atoms with Crippen LogP contribution in [0, 0.1) is 0 Å². The Balaban J connectivity index is 2.15. The summed E-state index contributed by atoms with van der Waals surface area (Å²) < 4.78 is 1.09. The molecule has 1 aromatic carbocycles. The Labute approximate surface area is 126 Å². The number of benzene rings is 1. The second kappa shape index (κ2) is 6.50. The molecule has 1 aromatic heterocycles. The Morgan fingerprint density at radius 1 is 1.42 bits per heavy atom. The van der Waals surface area contributed by atoms with Gasteiger partial charge in [0.05, 0.1) is 17.2 Å². The van der Waals surface area contributed by atoms with E-state index in [1.807, 2.05) is 19.2 Å². The molecule has 0 aliphatic rings. The molecule has 102 valence electrons. The monoisotopic (exact) mass is 340 g/mol. The quantitative estimate of drug-likeness (QED) is 0.903. The minimum atomic E-state index is 0.0750. The Kier molecular flexibility index (Phi) is 4.96. The molecule has 0 fully saturated rings. The van der Waals surface area contributed by atoms with E-state index in [2.05, 4.69) is 44.9 Å². The number of aromatic nitrogens is 1. The van der Waals surface area contributed by atoms with Gasteiger partial charge in [0.1, 0.15) is 0 Å². The maximum absolute atomic E-state index is 9.32. The van der Waals surface area contributed by atoms with Crippen molar-refractivity contribution in [1.82, 2.24) is 4.98 Å². The number of hydrogen-bond acceptors (Lipinski definition) is 4. The molecule has 0 unspecified atom stereocenters. The van der Waals surface area contributed by atoms with Gasteiger partial charge < -0.3 is 10.0 Å². The van der Waals surface area contributed by atoms with Crippen molar-refractivity contribution in [3.05, 3.63) is 44.9 Å². The van der Waals surface area contributed by atoms with Gasteiger partial charge in [-0.3, -0.25) is 0 Å². The fraction of sp³-hybridized carbons (Fsp3) is 0.357. The van der Waals surface area contributed by atoms with Crippen molar-refractivity contribution >= 4 is 32.4 Å². The van der Waals surface area contributed by atoms with E-state index in [-0.39, 0.29) is 6.61 Å². The number of nitrogens with zero attached hydrogens (tertiary/aromatic N) is 2. The maximum Gasteiger partial charge on any atom is 0.185 e. The summed E-state index contributed by atoms with van der Waals surface area (Å²) in [7, 11) is 2.03. The van der Waals surface area contributed by atoms with Gasteiger partial charge in [-0.1, -0.05) is 46.3 Å². The highest BCUT2D eigenvalue weighted by Gasteiger charge is 2.12. The molecule has 0 bridgehead atoms. The van der Waals surface area contributed by atoms with Crippen molar-refractivity contribution in [3.8, 4) is 0 Å². The predicted molar refractivity (Wildman–Crippen MR) is 83.7 cm³/mol. The van der Waals surface area contributed by atoms with E-state index < -0.39 is 0 Å². The topological polar surface area (TPSA) is 36.4 Å². The molecule has 5 heteroatoms. The van der Waals surface area contributed by atoms with Gasteiger partial charge in [0, 0.05) is 18.1 Å². The molecule has 1 N–H and O–H groups in total. The van der Waals surface area contributed by atoms with E-state index in [0.717, 1.165) is 33.1 Å². The third kappa shape index (κ3) is 3.55. The molecule has 1 heterocycles. The van der Waals surface area contributed by atoms with Crippen LogP contribution < -0.4 is 4.90 Å². The van der Waals surface area contributed by atoms with Crippen LogP contribution >= 0.6 is 27.3 Å². The summed E-state index contributed by atoms with van der Waals surface area (Å²) in [5.74, 6) is 0. The van der Waals surface area contributed by atoms with E-state index in [0.29, 0.717) is 0 Å². The van der Waals surface area contributed by atoms with E-state index in [1.54, 1.807) is 11.3 Å². The lowest BCUT2D eigenvalue weighted by molar-refractivity contribution is 0.284. The Morgan fingerprint density at radius 3 is 2.79 bits per heavy atom. The Hall–Kier alpha value is -0.910. The molecule has 19 heavy (non-hydrogen) atoms. The van der Waals surface area contributed by atoms with Crippen LogP contribution in [-0.4, -0.2) is 17.1 Å². The minimum absolute atomic E-state index is 0.0750. The zero-order valence-electron chi connectivity index (χ0n) is 11.1. The van der Waals surface area contributed by atoms with Crippen molar-refractivity contribution in [1.29, 1.82) is 0 Å². The van der Waals surface area contributed by atoms with Crippen molar-refractivity contribution in [2.24, 2.45) is 0 Å². The third-order valence-corrected chi connectivity index (χ3v) is 4.57. The molecule has 2 rings (SSSR count). The highest BCUT2D eigenvalue weighted by Crippen LogP contribution is 2.27. The van der Waals surface area contributed by atoms with Crippen molar-refractivity contribution in [3.63, 3.8) is 0 Å². The van der Waals surface area contributed by atoms with E-state index in [4.69, 9.17) is 0 Å². The fourth-order valence-electron chi connectivity index (χ4n) is 1.91. The summed E-state index contributed by atoms with van der Waals surface area (Å²) in [6.45, 7) is 2.94. The molecule has 3 nitrogen and oxygen atoms in total.